The number of para-hydroxylation sites is 3. The first-order valence-corrected chi connectivity index (χ1v) is 18.0. The van der Waals surface area contributed by atoms with Crippen molar-refractivity contribution >= 4 is 51.5 Å². The summed E-state index contributed by atoms with van der Waals surface area (Å²) in [6, 6.07) is 24.9. The molecule has 54 heavy (non-hydrogen) atoms. The smallest absolute Gasteiger partial charge is 0.270 e. The maximum Gasteiger partial charge on any atom is 0.270 e. The minimum Gasteiger partial charge on any atom is -0.370 e. The number of nitrogens with one attached hydrogen (secondary N) is 5. The lowest BCUT2D eigenvalue weighted by Crippen LogP contribution is -2.53. The van der Waals surface area contributed by atoms with Gasteiger partial charge in [-0.3, -0.25) is 24.0 Å². The zero-order chi connectivity index (χ0) is 38.2. The molecule has 3 aromatic carbocycles. The summed E-state index contributed by atoms with van der Waals surface area (Å²) in [7, 11) is 0. The molecule has 3 unspecified atom stereocenters. The van der Waals surface area contributed by atoms with Crippen LogP contribution in [0, 0.1) is 5.92 Å². The van der Waals surface area contributed by atoms with Crippen molar-refractivity contribution in [3.8, 4) is 0 Å². The standard InChI is InChI=1S/C40H44N8O6/c1-3-23(2)36(40(53)42-22-34-44-27-15-9-10-16-28(27)45-34)48-35(50)21-32-37(54-32)30(19-24-11-5-4-6-12-24)46-39(52)31(20-33(41)49)47-38(51)29-18-17-25-13-7-8-14-26(25)43-29/h4-18,23,30-32,36-37H,3,19-22H2,1-2H3,(H2,41,49)(H,42,53)(H,44,45)(H,46,52)(H,47,51)(H,48,50)/t23-,30?,31+,32?,36-,37?/m0/s1. The second kappa shape index (κ2) is 17.1. The molecule has 1 aliphatic rings. The number of pyridine rings is 1. The highest BCUT2D eigenvalue weighted by atomic mass is 16.6. The van der Waals surface area contributed by atoms with Crippen molar-refractivity contribution in [2.75, 3.05) is 0 Å². The Kier molecular flexibility index (Phi) is 11.9. The zero-order valence-electron chi connectivity index (χ0n) is 30.1. The SMILES string of the molecule is CC[C@H](C)[C@H](NC(=O)CC1OC1C(Cc1ccccc1)NC(=O)[C@@H](CC(N)=O)NC(=O)c1ccc2ccccc2n1)C(=O)NCc1nc2ccccc2[nH]1. The van der Waals surface area contributed by atoms with Gasteiger partial charge in [-0.1, -0.05) is 87.0 Å². The van der Waals surface area contributed by atoms with Crippen LogP contribution in [0.15, 0.2) is 91.0 Å². The van der Waals surface area contributed by atoms with Gasteiger partial charge in [-0.25, -0.2) is 9.97 Å². The summed E-state index contributed by atoms with van der Waals surface area (Å²) in [5.74, 6) is -2.33. The molecule has 2 aromatic heterocycles. The molecule has 1 aliphatic heterocycles. The van der Waals surface area contributed by atoms with E-state index in [1.54, 1.807) is 24.3 Å². The number of hydrogen-bond acceptors (Lipinski definition) is 8. The largest absolute Gasteiger partial charge is 0.370 e. The van der Waals surface area contributed by atoms with Crippen molar-refractivity contribution < 1.29 is 28.7 Å². The van der Waals surface area contributed by atoms with Crippen LogP contribution in [0.5, 0.6) is 0 Å². The van der Waals surface area contributed by atoms with Gasteiger partial charge in [0.1, 0.15) is 29.7 Å². The van der Waals surface area contributed by atoms with Crippen LogP contribution in [0.2, 0.25) is 0 Å². The van der Waals surface area contributed by atoms with E-state index in [1.165, 1.54) is 0 Å². The Labute approximate surface area is 312 Å². The van der Waals surface area contributed by atoms with Crippen LogP contribution in [0.25, 0.3) is 21.9 Å². The van der Waals surface area contributed by atoms with Crippen molar-refractivity contribution in [3.05, 3.63) is 108 Å². The Morgan fingerprint density at radius 1 is 0.833 bits per heavy atom. The third-order valence-electron chi connectivity index (χ3n) is 9.57. The average molecular weight is 733 g/mol. The van der Waals surface area contributed by atoms with Crippen molar-refractivity contribution in [2.45, 2.75) is 76.4 Å². The van der Waals surface area contributed by atoms with E-state index in [0.717, 1.165) is 22.0 Å². The van der Waals surface area contributed by atoms with Crippen LogP contribution in [-0.4, -0.2) is 74.8 Å². The minimum atomic E-state index is -1.29. The zero-order valence-corrected chi connectivity index (χ0v) is 30.1. The number of H-pyrrole nitrogens is 1. The molecule has 0 saturated carbocycles. The predicted octanol–water partition coefficient (Wildman–Crippen LogP) is 2.82. The summed E-state index contributed by atoms with van der Waals surface area (Å²) >= 11 is 0. The third-order valence-corrected chi connectivity index (χ3v) is 9.57. The predicted molar refractivity (Wildman–Crippen MR) is 201 cm³/mol. The maximum absolute atomic E-state index is 13.7. The van der Waals surface area contributed by atoms with E-state index in [9.17, 15) is 24.0 Å². The third kappa shape index (κ3) is 9.63. The number of fused-ring (bicyclic) bond motifs is 2. The molecule has 1 fully saturated rings. The maximum atomic E-state index is 13.7. The number of carbonyl (C=O) groups excluding carboxylic acids is 5. The van der Waals surface area contributed by atoms with Gasteiger partial charge >= 0.3 is 0 Å². The number of nitrogens with zero attached hydrogens (tertiary/aromatic N) is 2. The van der Waals surface area contributed by atoms with Crippen LogP contribution in [0.3, 0.4) is 0 Å². The Hall–Kier alpha value is -6.15. The molecule has 5 amide bonds. The molecule has 0 bridgehead atoms. The molecule has 3 heterocycles. The van der Waals surface area contributed by atoms with Gasteiger partial charge < -0.3 is 36.7 Å². The first-order valence-electron chi connectivity index (χ1n) is 18.0. The van der Waals surface area contributed by atoms with Crippen LogP contribution in [0.1, 0.15) is 55.0 Å². The summed E-state index contributed by atoms with van der Waals surface area (Å²) in [4.78, 5) is 77.7. The number of rotatable bonds is 17. The fourth-order valence-electron chi connectivity index (χ4n) is 6.40. The van der Waals surface area contributed by atoms with E-state index < -0.39 is 54.5 Å². The first-order chi connectivity index (χ1) is 26.1. The van der Waals surface area contributed by atoms with Crippen LogP contribution in [-0.2, 0) is 36.9 Å². The van der Waals surface area contributed by atoms with Gasteiger partial charge in [0, 0.05) is 5.39 Å². The average Bonchev–Trinajstić information content (AvgIpc) is 3.80. The molecular weight excluding hydrogens is 688 g/mol. The number of aromatic nitrogens is 3. The Balaban J connectivity index is 1.09. The van der Waals surface area contributed by atoms with Gasteiger partial charge in [0.15, 0.2) is 0 Å². The molecule has 0 aliphatic carbocycles. The second-order valence-electron chi connectivity index (χ2n) is 13.6. The molecular formula is C40H44N8O6. The van der Waals surface area contributed by atoms with Gasteiger partial charge in [0.2, 0.25) is 23.6 Å². The van der Waals surface area contributed by atoms with Crippen molar-refractivity contribution in [2.24, 2.45) is 11.7 Å². The fourth-order valence-corrected chi connectivity index (χ4v) is 6.40. The molecule has 7 N–H and O–H groups in total. The summed E-state index contributed by atoms with van der Waals surface area (Å²) < 4.78 is 5.96. The Morgan fingerprint density at radius 3 is 2.30 bits per heavy atom. The van der Waals surface area contributed by atoms with Crippen LogP contribution < -0.4 is 27.0 Å². The fraction of sp³-hybridized carbons (Fsp3) is 0.325. The van der Waals surface area contributed by atoms with Crippen LogP contribution >= 0.6 is 0 Å². The van der Waals surface area contributed by atoms with E-state index in [2.05, 4.69) is 36.2 Å². The van der Waals surface area contributed by atoms with Crippen molar-refractivity contribution in [1.82, 2.24) is 36.2 Å². The summed E-state index contributed by atoms with van der Waals surface area (Å²) in [5, 5.41) is 12.2. The number of amides is 5. The molecule has 0 spiro atoms. The summed E-state index contributed by atoms with van der Waals surface area (Å²) in [5.41, 5.74) is 8.72. The van der Waals surface area contributed by atoms with Gasteiger partial charge in [-0.15, -0.1) is 0 Å². The first kappa shape index (κ1) is 37.6. The molecule has 14 nitrogen and oxygen atoms in total. The van der Waals surface area contributed by atoms with E-state index in [4.69, 9.17) is 10.5 Å². The van der Waals surface area contributed by atoms with Crippen molar-refractivity contribution in [3.63, 3.8) is 0 Å². The van der Waals surface area contributed by atoms with E-state index >= 15 is 0 Å². The number of aromatic amines is 1. The topological polar surface area (TPSA) is 214 Å². The number of epoxide rings is 1. The molecule has 6 rings (SSSR count). The van der Waals surface area contributed by atoms with Gasteiger partial charge in [-0.05, 0) is 42.2 Å². The minimum absolute atomic E-state index is 0.0509. The number of ether oxygens (including phenoxy) is 1. The number of benzene rings is 3. The normalized spacial score (nSPS) is 17.1. The van der Waals surface area contributed by atoms with Gasteiger partial charge in [0.05, 0.1) is 48.1 Å². The molecule has 1 saturated heterocycles. The highest BCUT2D eigenvalue weighted by Crippen LogP contribution is 2.30. The highest BCUT2D eigenvalue weighted by Gasteiger charge is 2.47. The Morgan fingerprint density at radius 2 is 1.56 bits per heavy atom. The van der Waals surface area contributed by atoms with E-state index in [0.29, 0.717) is 24.2 Å². The number of imidazole rings is 1. The van der Waals surface area contributed by atoms with Crippen molar-refractivity contribution in [1.29, 1.82) is 0 Å². The molecule has 14 heteroatoms. The second-order valence-corrected chi connectivity index (χ2v) is 13.6. The molecule has 0 radical (unpaired) electrons. The van der Waals surface area contributed by atoms with E-state index in [1.807, 2.05) is 80.6 Å². The lowest BCUT2D eigenvalue weighted by atomic mass is 9.97. The highest BCUT2D eigenvalue weighted by molar-refractivity contribution is 5.99. The van der Waals surface area contributed by atoms with E-state index in [-0.39, 0.29) is 36.4 Å². The number of hydrogen-bond donors (Lipinski definition) is 6. The van der Waals surface area contributed by atoms with Crippen LogP contribution in [0.4, 0.5) is 0 Å². The lowest BCUT2D eigenvalue weighted by Gasteiger charge is -2.23. The molecule has 5 aromatic rings. The monoisotopic (exact) mass is 732 g/mol. The quantitative estimate of drug-likeness (QED) is 0.0781. The lowest BCUT2D eigenvalue weighted by molar-refractivity contribution is -0.130. The summed E-state index contributed by atoms with van der Waals surface area (Å²) in [6.07, 6.45) is -0.618. The molecule has 280 valence electrons. The number of primary amides is 1. The number of carbonyl (C=O) groups is 5. The molecule has 6 atom stereocenters. The van der Waals surface area contributed by atoms with Gasteiger partial charge in [0.25, 0.3) is 5.91 Å². The number of nitrogens with two attached hydrogens (primary N) is 1. The Bertz CT molecular complexity index is 2110. The summed E-state index contributed by atoms with van der Waals surface area (Å²) in [6.45, 7) is 4.01. The van der Waals surface area contributed by atoms with Gasteiger partial charge in [-0.2, -0.15) is 0 Å².